The number of thiazole rings is 2. The molecular weight excluding hydrogens is 688 g/mol. The summed E-state index contributed by atoms with van der Waals surface area (Å²) in [6, 6.07) is 16.2. The maximum absolute atomic E-state index is 5.92. The van der Waals surface area contributed by atoms with Crippen molar-refractivity contribution in [3.8, 4) is 0 Å². The third-order valence-electron chi connectivity index (χ3n) is 6.23. The average molecular weight is 725 g/mol. The Bertz CT molecular complexity index is 1260. The molecule has 0 spiro atoms. The van der Waals surface area contributed by atoms with Gasteiger partial charge in [0, 0.05) is 49.3 Å². The molecule has 220 valence electrons. The van der Waals surface area contributed by atoms with E-state index >= 15 is 0 Å². The van der Waals surface area contributed by atoms with E-state index in [1.807, 2.05) is 47.4 Å². The molecule has 0 saturated carbocycles. The van der Waals surface area contributed by atoms with Crippen LogP contribution in [0.5, 0.6) is 0 Å². The van der Waals surface area contributed by atoms with Gasteiger partial charge >= 0.3 is 10.3 Å². The Kier molecular flexibility index (Phi) is 15.3. The fraction of sp³-hybridized carbons (Fsp3) is 0.357. The summed E-state index contributed by atoms with van der Waals surface area (Å²) in [5.41, 5.74) is 3.92. The standard InChI is InChI=1S/C28H36N8OS2.2BrH/c1-5-35-17-21-38-27(35)31-29-23-7-11-25(12-8-23)33(3)15-19-37-20-16-34(4)26-13-9-24(10-14-26)30-32-28-36(6-2)18-22-39-28;;/h7-14,17-18,21-22H,5-6,15-16,19-20H2,1-4H3;2*1H/q+2;;/p-2. The maximum atomic E-state index is 5.92. The number of ether oxygens (including phenoxy) is 1. The molecule has 13 heteroatoms. The van der Waals surface area contributed by atoms with Crippen LogP contribution in [0.15, 0.2) is 92.1 Å². The minimum atomic E-state index is 0. The lowest BCUT2D eigenvalue weighted by atomic mass is 10.2. The predicted molar refractivity (Wildman–Crippen MR) is 159 cm³/mol. The van der Waals surface area contributed by atoms with Crippen molar-refractivity contribution in [2.75, 3.05) is 50.2 Å². The van der Waals surface area contributed by atoms with Gasteiger partial charge in [-0.15, -0.1) is 0 Å². The lowest BCUT2D eigenvalue weighted by molar-refractivity contribution is -0.677. The van der Waals surface area contributed by atoms with E-state index in [4.69, 9.17) is 4.74 Å². The van der Waals surface area contributed by atoms with E-state index in [1.54, 1.807) is 22.7 Å². The molecule has 0 saturated heterocycles. The molecule has 0 radical (unpaired) electrons. The van der Waals surface area contributed by atoms with Crippen molar-refractivity contribution in [2.24, 2.45) is 20.5 Å². The SMILES string of the molecule is CC[n+]1ccsc1N=Nc1ccc(N(C)CCOCCN(C)c2ccc(N=Nc3scc[n+]3CC)cc2)cc1.[Br-].[Br-]. The molecule has 4 aromatic rings. The smallest absolute Gasteiger partial charge is 0.408 e. The lowest BCUT2D eigenvalue weighted by Crippen LogP contribution is -3.00. The number of aromatic nitrogens is 2. The number of anilines is 2. The van der Waals surface area contributed by atoms with Gasteiger partial charge in [0.1, 0.15) is 23.8 Å². The molecule has 2 aromatic carbocycles. The summed E-state index contributed by atoms with van der Waals surface area (Å²) < 4.78 is 10.1. The summed E-state index contributed by atoms with van der Waals surface area (Å²) in [4.78, 5) is 4.36. The first-order chi connectivity index (χ1) is 19.1. The van der Waals surface area contributed by atoms with Gasteiger partial charge in [-0.3, -0.25) is 0 Å². The second-order valence-electron chi connectivity index (χ2n) is 8.83. The molecule has 0 aliphatic heterocycles. The number of halogens is 2. The van der Waals surface area contributed by atoms with Crippen molar-refractivity contribution in [3.05, 3.63) is 71.7 Å². The van der Waals surface area contributed by atoms with E-state index in [-0.39, 0.29) is 34.0 Å². The second-order valence-corrected chi connectivity index (χ2v) is 10.6. The molecule has 4 rings (SSSR count). The Labute approximate surface area is 271 Å². The molecule has 0 amide bonds. The number of benzene rings is 2. The van der Waals surface area contributed by atoms with E-state index in [9.17, 15) is 0 Å². The molecular formula is C28H36Br2N8OS2. The number of rotatable bonds is 14. The van der Waals surface area contributed by atoms with Crippen LogP contribution < -0.4 is 52.9 Å². The van der Waals surface area contributed by atoms with Gasteiger partial charge in [-0.1, -0.05) is 0 Å². The monoisotopic (exact) mass is 722 g/mol. The van der Waals surface area contributed by atoms with Crippen LogP contribution in [0.4, 0.5) is 33.0 Å². The van der Waals surface area contributed by atoms with Crippen LogP contribution in [0.2, 0.25) is 0 Å². The third kappa shape index (κ3) is 10.3. The van der Waals surface area contributed by atoms with Gasteiger partial charge in [-0.25, -0.2) is 9.13 Å². The number of hydrogen-bond donors (Lipinski definition) is 0. The summed E-state index contributed by atoms with van der Waals surface area (Å²) in [5, 5.41) is 23.3. The van der Waals surface area contributed by atoms with Gasteiger partial charge in [0.05, 0.1) is 36.5 Å². The fourth-order valence-electron chi connectivity index (χ4n) is 3.75. The zero-order valence-corrected chi connectivity index (χ0v) is 28.5. The number of azo groups is 2. The molecule has 0 unspecified atom stereocenters. The Morgan fingerprint density at radius 1 is 0.634 bits per heavy atom. The Balaban J connectivity index is 0.00000294. The van der Waals surface area contributed by atoms with Gasteiger partial charge in [0.2, 0.25) is 0 Å². The molecule has 9 nitrogen and oxygen atoms in total. The van der Waals surface area contributed by atoms with Crippen LogP contribution in [0.3, 0.4) is 0 Å². The van der Waals surface area contributed by atoms with Crippen molar-refractivity contribution in [1.29, 1.82) is 0 Å². The van der Waals surface area contributed by atoms with Gasteiger partial charge < -0.3 is 48.5 Å². The Hall–Kier alpha value is -2.58. The van der Waals surface area contributed by atoms with Crippen molar-refractivity contribution < 1.29 is 47.8 Å². The quantitative estimate of drug-likeness (QED) is 0.110. The van der Waals surface area contributed by atoms with Crippen molar-refractivity contribution in [1.82, 2.24) is 0 Å². The van der Waals surface area contributed by atoms with Gasteiger partial charge in [0.15, 0.2) is 0 Å². The number of nitrogens with zero attached hydrogens (tertiary/aromatic N) is 8. The number of hydrogen-bond acceptors (Lipinski definition) is 9. The van der Waals surface area contributed by atoms with Crippen molar-refractivity contribution in [3.63, 3.8) is 0 Å². The normalized spacial score (nSPS) is 11.0. The topological polar surface area (TPSA) is 72.9 Å². The lowest BCUT2D eigenvalue weighted by Gasteiger charge is -2.21. The van der Waals surface area contributed by atoms with Crippen molar-refractivity contribution >= 4 is 55.7 Å². The highest BCUT2D eigenvalue weighted by Crippen LogP contribution is 2.23. The van der Waals surface area contributed by atoms with E-state index in [1.165, 1.54) is 0 Å². The minimum absolute atomic E-state index is 0. The van der Waals surface area contributed by atoms with Crippen LogP contribution in [0.1, 0.15) is 13.8 Å². The molecule has 0 atom stereocenters. The van der Waals surface area contributed by atoms with E-state index in [0.29, 0.717) is 13.2 Å². The summed E-state index contributed by atoms with van der Waals surface area (Å²) in [7, 11) is 4.14. The van der Waals surface area contributed by atoms with Crippen LogP contribution in [-0.4, -0.2) is 40.4 Å². The van der Waals surface area contributed by atoms with Gasteiger partial charge in [0.25, 0.3) is 0 Å². The maximum Gasteiger partial charge on any atom is 0.408 e. The zero-order valence-electron chi connectivity index (χ0n) is 23.7. The van der Waals surface area contributed by atoms with E-state index < -0.39 is 0 Å². The first-order valence-electron chi connectivity index (χ1n) is 13.0. The molecule has 2 heterocycles. The van der Waals surface area contributed by atoms with Crippen molar-refractivity contribution in [2.45, 2.75) is 26.9 Å². The van der Waals surface area contributed by atoms with Gasteiger partial charge in [-0.2, -0.15) is 0 Å². The Morgan fingerprint density at radius 3 is 1.39 bits per heavy atom. The number of aryl methyl sites for hydroxylation is 2. The van der Waals surface area contributed by atoms with Crippen LogP contribution in [0.25, 0.3) is 0 Å². The minimum Gasteiger partial charge on any atom is -1.00 e. The molecule has 0 aliphatic carbocycles. The first kappa shape index (κ1) is 34.6. The van der Waals surface area contributed by atoms with Crippen LogP contribution >= 0.6 is 22.7 Å². The highest BCUT2D eigenvalue weighted by molar-refractivity contribution is 7.13. The van der Waals surface area contributed by atoms with Crippen LogP contribution in [0, 0.1) is 0 Å². The largest absolute Gasteiger partial charge is 1.00 e. The molecule has 41 heavy (non-hydrogen) atoms. The zero-order chi connectivity index (χ0) is 27.5. The first-order valence-corrected chi connectivity index (χ1v) is 14.8. The highest BCUT2D eigenvalue weighted by Gasteiger charge is 2.11. The number of likely N-dealkylation sites (N-methyl/N-ethyl adjacent to an activating group) is 2. The third-order valence-corrected chi connectivity index (χ3v) is 7.80. The van der Waals surface area contributed by atoms with E-state index in [0.717, 1.165) is 59.2 Å². The molecule has 2 aromatic heterocycles. The predicted octanol–water partition coefficient (Wildman–Crippen LogP) is 0.852. The molecule has 0 bridgehead atoms. The summed E-state index contributed by atoms with van der Waals surface area (Å²) >= 11 is 3.17. The van der Waals surface area contributed by atoms with Gasteiger partial charge in [-0.05, 0) is 95.3 Å². The molecule has 0 fully saturated rings. The summed E-state index contributed by atoms with van der Waals surface area (Å²) in [6.07, 6.45) is 4.05. The fourth-order valence-corrected chi connectivity index (χ4v) is 5.23. The second kappa shape index (κ2) is 18.1. The van der Waals surface area contributed by atoms with Crippen LogP contribution in [-0.2, 0) is 17.8 Å². The summed E-state index contributed by atoms with van der Waals surface area (Å²) in [5.74, 6) is 0. The highest BCUT2D eigenvalue weighted by atomic mass is 79.9. The average Bonchev–Trinajstić information content (AvgIpc) is 3.64. The Morgan fingerprint density at radius 2 is 1.02 bits per heavy atom. The van der Waals surface area contributed by atoms with E-state index in [2.05, 4.69) is 91.6 Å². The molecule has 0 N–H and O–H groups in total. The summed E-state index contributed by atoms with van der Waals surface area (Å²) in [6.45, 7) is 8.88. The molecule has 0 aliphatic rings.